The molecule has 0 bridgehead atoms. The van der Waals surface area contributed by atoms with E-state index in [0.29, 0.717) is 0 Å². The monoisotopic (exact) mass is 262 g/mol. The van der Waals surface area contributed by atoms with Gasteiger partial charge in [0.05, 0.1) is 5.69 Å². The van der Waals surface area contributed by atoms with E-state index in [9.17, 15) is 4.79 Å². The van der Waals surface area contributed by atoms with Crippen LogP contribution in [0.3, 0.4) is 0 Å². The molecule has 0 aliphatic carbocycles. The quantitative estimate of drug-likeness (QED) is 0.778. The van der Waals surface area contributed by atoms with Crippen LogP contribution in [0.1, 0.15) is 24.5 Å². The molecule has 2 rings (SSSR count). The zero-order valence-electron chi connectivity index (χ0n) is 11.1. The van der Waals surface area contributed by atoms with Crippen LogP contribution in [0.4, 0.5) is 5.69 Å². The van der Waals surface area contributed by atoms with Crippen molar-refractivity contribution in [2.24, 2.45) is 4.99 Å². The van der Waals surface area contributed by atoms with Gasteiger partial charge in [0.1, 0.15) is 0 Å². The van der Waals surface area contributed by atoms with E-state index in [1.165, 1.54) is 0 Å². The van der Waals surface area contributed by atoms with E-state index in [2.05, 4.69) is 26.0 Å². The number of benzene rings is 1. The Balaban J connectivity index is 2.38. The van der Waals surface area contributed by atoms with Crippen molar-refractivity contribution in [3.8, 4) is 0 Å². The lowest BCUT2D eigenvalue weighted by Gasteiger charge is -2.26. The van der Waals surface area contributed by atoms with Crippen molar-refractivity contribution in [3.05, 3.63) is 29.3 Å². The zero-order chi connectivity index (χ0) is 13.1. The van der Waals surface area contributed by atoms with Crippen molar-refractivity contribution in [2.75, 3.05) is 12.3 Å². The van der Waals surface area contributed by atoms with Crippen molar-refractivity contribution < 1.29 is 4.79 Å². The molecule has 1 aromatic carbocycles. The van der Waals surface area contributed by atoms with E-state index in [0.717, 1.165) is 40.7 Å². The molecule has 96 valence electrons. The third kappa shape index (κ3) is 2.75. The number of aryl methyl sites for hydroxylation is 2. The molecular formula is C14H18N2OS. The molecule has 1 fully saturated rings. The number of nitrogens with zero attached hydrogens (tertiary/aromatic N) is 2. The minimum Gasteiger partial charge on any atom is -0.292 e. The molecular weight excluding hydrogens is 244 g/mol. The third-order valence-corrected chi connectivity index (χ3v) is 4.08. The maximum Gasteiger partial charge on any atom is 0.225 e. The minimum atomic E-state index is 0.0761. The van der Waals surface area contributed by atoms with Crippen LogP contribution in [0.5, 0.6) is 0 Å². The molecule has 0 unspecified atom stereocenters. The van der Waals surface area contributed by atoms with Crippen molar-refractivity contribution in [1.82, 2.24) is 4.90 Å². The molecule has 1 aliphatic rings. The summed E-state index contributed by atoms with van der Waals surface area (Å²) >= 11 is 1.67. The first-order valence-electron chi connectivity index (χ1n) is 6.15. The van der Waals surface area contributed by atoms with Crippen LogP contribution < -0.4 is 0 Å². The average molecular weight is 262 g/mol. The van der Waals surface area contributed by atoms with Gasteiger partial charge in [-0.15, -0.1) is 0 Å². The Morgan fingerprint density at radius 3 is 2.61 bits per heavy atom. The third-order valence-electron chi connectivity index (χ3n) is 3.02. The fraction of sp³-hybridized carbons (Fsp3) is 0.429. The molecule has 4 heteroatoms. The van der Waals surface area contributed by atoms with E-state index >= 15 is 0 Å². The molecule has 1 heterocycles. The molecule has 0 saturated carbocycles. The second-order valence-electron chi connectivity index (χ2n) is 4.51. The lowest BCUT2D eigenvalue weighted by Crippen LogP contribution is -2.37. The molecule has 0 spiro atoms. The molecule has 1 saturated heterocycles. The summed E-state index contributed by atoms with van der Waals surface area (Å²) in [7, 11) is 0. The maximum absolute atomic E-state index is 11.6. The fourth-order valence-electron chi connectivity index (χ4n) is 2.02. The summed E-state index contributed by atoms with van der Waals surface area (Å²) in [6.45, 7) is 6.49. The van der Waals surface area contributed by atoms with E-state index in [1.54, 1.807) is 23.6 Å². The molecule has 18 heavy (non-hydrogen) atoms. The lowest BCUT2D eigenvalue weighted by molar-refractivity contribution is -0.125. The highest BCUT2D eigenvalue weighted by Gasteiger charge is 2.21. The smallest absolute Gasteiger partial charge is 0.225 e. The van der Waals surface area contributed by atoms with Gasteiger partial charge in [-0.2, -0.15) is 0 Å². The van der Waals surface area contributed by atoms with E-state index in [4.69, 9.17) is 4.99 Å². The predicted molar refractivity (Wildman–Crippen MR) is 77.5 cm³/mol. The van der Waals surface area contributed by atoms with Crippen LogP contribution in [0, 0.1) is 13.8 Å². The summed E-state index contributed by atoms with van der Waals surface area (Å²) in [6.07, 6.45) is 1.04. The molecule has 0 aromatic heterocycles. The first kappa shape index (κ1) is 13.1. The summed E-state index contributed by atoms with van der Waals surface area (Å²) in [5.74, 6) is 1.11. The Kier molecular flexibility index (Phi) is 4.07. The number of rotatable bonds is 1. The number of thioether (sulfide) groups is 1. The van der Waals surface area contributed by atoms with Gasteiger partial charge in [0.2, 0.25) is 5.91 Å². The van der Waals surface area contributed by atoms with E-state index < -0.39 is 0 Å². The van der Waals surface area contributed by atoms with Gasteiger partial charge in [-0.3, -0.25) is 9.69 Å². The van der Waals surface area contributed by atoms with Gasteiger partial charge in [-0.1, -0.05) is 30.0 Å². The van der Waals surface area contributed by atoms with Crippen LogP contribution in [-0.2, 0) is 4.79 Å². The van der Waals surface area contributed by atoms with Gasteiger partial charge < -0.3 is 0 Å². The molecule has 0 radical (unpaired) electrons. The topological polar surface area (TPSA) is 32.7 Å². The highest BCUT2D eigenvalue weighted by Crippen LogP contribution is 2.27. The Labute approximate surface area is 112 Å². The SMILES string of the molecule is CC(=O)N1CCCSC1=Nc1c(C)cccc1C. The molecule has 0 N–H and O–H groups in total. The summed E-state index contributed by atoms with van der Waals surface area (Å²) in [5, 5.41) is 0.839. The maximum atomic E-state index is 11.6. The summed E-state index contributed by atoms with van der Waals surface area (Å²) in [4.78, 5) is 18.1. The second-order valence-corrected chi connectivity index (χ2v) is 5.57. The number of carbonyl (C=O) groups excluding carboxylic acids is 1. The fourth-order valence-corrected chi connectivity index (χ4v) is 3.01. The van der Waals surface area contributed by atoms with Gasteiger partial charge in [0.15, 0.2) is 5.17 Å². The number of amides is 1. The molecule has 1 amide bonds. The zero-order valence-corrected chi connectivity index (χ0v) is 11.9. The van der Waals surface area contributed by atoms with Crippen molar-refractivity contribution in [2.45, 2.75) is 27.2 Å². The molecule has 1 aliphatic heterocycles. The van der Waals surface area contributed by atoms with Crippen LogP contribution in [0.2, 0.25) is 0 Å². The predicted octanol–water partition coefficient (Wildman–Crippen LogP) is 3.28. The Bertz CT molecular complexity index is 476. The van der Waals surface area contributed by atoms with E-state index in [1.807, 2.05) is 6.07 Å². The first-order valence-corrected chi connectivity index (χ1v) is 7.14. The largest absolute Gasteiger partial charge is 0.292 e. The number of aliphatic imine (C=N–C) groups is 1. The Morgan fingerprint density at radius 1 is 1.33 bits per heavy atom. The molecule has 3 nitrogen and oxygen atoms in total. The normalized spacial score (nSPS) is 18.2. The molecule has 0 atom stereocenters. The van der Waals surface area contributed by atoms with Crippen molar-refractivity contribution in [1.29, 1.82) is 0 Å². The summed E-state index contributed by atoms with van der Waals surface area (Å²) < 4.78 is 0. The van der Waals surface area contributed by atoms with Crippen LogP contribution >= 0.6 is 11.8 Å². The number of hydrogen-bond donors (Lipinski definition) is 0. The Morgan fingerprint density at radius 2 is 2.00 bits per heavy atom. The summed E-state index contributed by atoms with van der Waals surface area (Å²) in [6, 6.07) is 6.14. The Hall–Kier alpha value is -1.29. The van der Waals surface area contributed by atoms with Gasteiger partial charge in [0, 0.05) is 19.2 Å². The number of amidine groups is 1. The van der Waals surface area contributed by atoms with Gasteiger partial charge in [-0.05, 0) is 31.4 Å². The van der Waals surface area contributed by atoms with Gasteiger partial charge in [-0.25, -0.2) is 4.99 Å². The van der Waals surface area contributed by atoms with Gasteiger partial charge in [0.25, 0.3) is 0 Å². The number of hydrogen-bond acceptors (Lipinski definition) is 3. The number of carbonyl (C=O) groups is 1. The van der Waals surface area contributed by atoms with Crippen molar-refractivity contribution in [3.63, 3.8) is 0 Å². The van der Waals surface area contributed by atoms with Crippen LogP contribution in [-0.4, -0.2) is 28.3 Å². The summed E-state index contributed by atoms with van der Waals surface area (Å²) in [5.41, 5.74) is 3.29. The minimum absolute atomic E-state index is 0.0761. The lowest BCUT2D eigenvalue weighted by atomic mass is 10.1. The highest BCUT2D eigenvalue weighted by atomic mass is 32.2. The van der Waals surface area contributed by atoms with Gasteiger partial charge >= 0.3 is 0 Å². The molecule has 1 aromatic rings. The standard InChI is InChI=1S/C14H18N2OS/c1-10-6-4-7-11(2)13(10)15-14-16(12(3)17)8-5-9-18-14/h4,6-7H,5,8-9H2,1-3H3. The highest BCUT2D eigenvalue weighted by molar-refractivity contribution is 8.13. The second kappa shape index (κ2) is 5.57. The van der Waals surface area contributed by atoms with Crippen molar-refractivity contribution >= 4 is 28.5 Å². The number of para-hydroxylation sites is 1. The van der Waals surface area contributed by atoms with Crippen LogP contribution in [0.25, 0.3) is 0 Å². The average Bonchev–Trinajstić information content (AvgIpc) is 2.34. The van der Waals surface area contributed by atoms with Crippen LogP contribution in [0.15, 0.2) is 23.2 Å². The first-order chi connectivity index (χ1) is 8.59. The van der Waals surface area contributed by atoms with E-state index in [-0.39, 0.29) is 5.91 Å².